The highest BCUT2D eigenvalue weighted by Gasteiger charge is 2.43. The molecule has 5 nitrogen and oxygen atoms in total. The Morgan fingerprint density at radius 2 is 1.87 bits per heavy atom. The number of carbonyl (C=O) groups is 1. The lowest BCUT2D eigenvalue weighted by atomic mass is 9.81. The molecular formula is C24H27ClN4O. The third kappa shape index (κ3) is 4.03. The van der Waals surface area contributed by atoms with Gasteiger partial charge in [-0.1, -0.05) is 60.2 Å². The molecule has 5 rings (SSSR count). The third-order valence-corrected chi connectivity index (χ3v) is 6.76. The highest BCUT2D eigenvalue weighted by atomic mass is 35.5. The van der Waals surface area contributed by atoms with Crippen molar-refractivity contribution in [1.29, 1.82) is 0 Å². The van der Waals surface area contributed by atoms with Crippen LogP contribution in [-0.2, 0) is 17.8 Å². The Hall–Kier alpha value is -2.18. The largest absolute Gasteiger partial charge is 0.328 e. The van der Waals surface area contributed by atoms with Gasteiger partial charge in [0.15, 0.2) is 0 Å². The monoisotopic (exact) mass is 422 g/mol. The Morgan fingerprint density at radius 3 is 2.70 bits per heavy atom. The molecule has 0 spiro atoms. The fraction of sp³-hybridized carbons (Fsp3) is 0.375. The quantitative estimate of drug-likeness (QED) is 0.711. The van der Waals surface area contributed by atoms with Gasteiger partial charge >= 0.3 is 0 Å². The summed E-state index contributed by atoms with van der Waals surface area (Å²) in [5.74, 6) is 0.207. The van der Waals surface area contributed by atoms with Crippen LogP contribution in [0.4, 0.5) is 0 Å². The number of carbonyl (C=O) groups excluding carboxylic acids is 1. The zero-order chi connectivity index (χ0) is 20.5. The van der Waals surface area contributed by atoms with Gasteiger partial charge in [-0.2, -0.15) is 0 Å². The topological polar surface area (TPSA) is 56.4 Å². The van der Waals surface area contributed by atoms with Crippen LogP contribution in [0, 0.1) is 11.8 Å². The van der Waals surface area contributed by atoms with Crippen molar-refractivity contribution in [1.82, 2.24) is 20.9 Å². The van der Waals surface area contributed by atoms with Gasteiger partial charge in [0.2, 0.25) is 5.91 Å². The maximum atomic E-state index is 13.1. The van der Waals surface area contributed by atoms with E-state index in [1.165, 1.54) is 11.1 Å². The van der Waals surface area contributed by atoms with Crippen molar-refractivity contribution in [3.05, 3.63) is 76.3 Å². The van der Waals surface area contributed by atoms with Gasteiger partial charge in [0.1, 0.15) is 6.29 Å². The predicted molar refractivity (Wildman–Crippen MR) is 119 cm³/mol. The lowest BCUT2D eigenvalue weighted by molar-refractivity contribution is -0.136. The van der Waals surface area contributed by atoms with Gasteiger partial charge in [-0.15, -0.1) is 0 Å². The molecule has 0 radical (unpaired) electrons. The van der Waals surface area contributed by atoms with E-state index in [-0.39, 0.29) is 30.2 Å². The van der Waals surface area contributed by atoms with Crippen molar-refractivity contribution in [3.8, 4) is 0 Å². The van der Waals surface area contributed by atoms with E-state index >= 15 is 0 Å². The molecular weight excluding hydrogens is 396 g/mol. The molecule has 2 aromatic carbocycles. The molecule has 30 heavy (non-hydrogen) atoms. The number of amides is 1. The molecule has 6 heteroatoms. The number of nitrogens with zero attached hydrogens (tertiary/aromatic N) is 1. The molecule has 156 valence electrons. The van der Waals surface area contributed by atoms with Gasteiger partial charge in [-0.05, 0) is 54.1 Å². The summed E-state index contributed by atoms with van der Waals surface area (Å²) >= 11 is 5.98. The molecule has 0 saturated carbocycles. The van der Waals surface area contributed by atoms with E-state index in [4.69, 9.17) is 11.6 Å². The van der Waals surface area contributed by atoms with E-state index in [9.17, 15) is 4.79 Å². The number of nitrogens with one attached hydrogen (secondary N) is 3. The highest BCUT2D eigenvalue weighted by Crippen LogP contribution is 2.29. The molecule has 3 aliphatic rings. The summed E-state index contributed by atoms with van der Waals surface area (Å²) in [6, 6.07) is 16.4. The van der Waals surface area contributed by atoms with Gasteiger partial charge in [-0.25, -0.2) is 0 Å². The first-order valence-electron chi connectivity index (χ1n) is 10.7. The van der Waals surface area contributed by atoms with Crippen molar-refractivity contribution in [2.24, 2.45) is 11.8 Å². The third-order valence-electron chi connectivity index (χ3n) is 6.51. The van der Waals surface area contributed by atoms with Crippen LogP contribution in [0.2, 0.25) is 5.02 Å². The average Bonchev–Trinajstić information content (AvgIpc) is 2.78. The molecule has 0 bridgehead atoms. The molecule has 2 aromatic rings. The van der Waals surface area contributed by atoms with Gasteiger partial charge in [0.05, 0.1) is 12.1 Å². The minimum absolute atomic E-state index is 0.0189. The number of rotatable bonds is 3. The fourth-order valence-corrected chi connectivity index (χ4v) is 5.00. The minimum atomic E-state index is -0.140. The number of benzene rings is 2. The summed E-state index contributed by atoms with van der Waals surface area (Å²) in [5.41, 5.74) is 3.86. The lowest BCUT2D eigenvalue weighted by Gasteiger charge is -2.47. The standard InChI is InChI=1S/C24H27ClN4O/c25-20-9-6-16(7-10-20)5-8-18-11-13-26-22-21(18)23(30)28-24(27-22)29-14-12-17-3-1-2-4-19(17)15-29/h1-10,18,21-22,24,26-27H,11-15H2,(H,28,30)/b8-5+. The van der Waals surface area contributed by atoms with Crippen molar-refractivity contribution in [3.63, 3.8) is 0 Å². The molecule has 3 aliphatic heterocycles. The van der Waals surface area contributed by atoms with Crippen molar-refractivity contribution >= 4 is 23.6 Å². The minimum Gasteiger partial charge on any atom is -0.328 e. The van der Waals surface area contributed by atoms with Crippen LogP contribution in [-0.4, -0.2) is 36.4 Å². The van der Waals surface area contributed by atoms with E-state index in [1.807, 2.05) is 24.3 Å². The van der Waals surface area contributed by atoms with E-state index in [1.54, 1.807) is 0 Å². The Bertz CT molecular complexity index is 944. The first-order valence-corrected chi connectivity index (χ1v) is 11.1. The average molecular weight is 423 g/mol. The fourth-order valence-electron chi connectivity index (χ4n) is 4.87. The van der Waals surface area contributed by atoms with E-state index < -0.39 is 0 Å². The van der Waals surface area contributed by atoms with Crippen molar-refractivity contribution < 1.29 is 4.79 Å². The lowest BCUT2D eigenvalue weighted by Crippen LogP contribution is -2.72. The summed E-state index contributed by atoms with van der Waals surface area (Å²) in [6.45, 7) is 2.68. The van der Waals surface area contributed by atoms with Crippen LogP contribution >= 0.6 is 11.6 Å². The Kier molecular flexibility index (Phi) is 5.61. The van der Waals surface area contributed by atoms with Gasteiger partial charge in [0.25, 0.3) is 0 Å². The maximum absolute atomic E-state index is 13.1. The zero-order valence-corrected chi connectivity index (χ0v) is 17.6. The molecule has 3 N–H and O–H groups in total. The van der Waals surface area contributed by atoms with Crippen molar-refractivity contribution in [2.45, 2.75) is 31.8 Å². The SMILES string of the molecule is O=C1NC(N2CCc3ccccc3C2)NC2NCCC(/C=C/c3ccc(Cl)cc3)C12. The maximum Gasteiger partial charge on any atom is 0.228 e. The second-order valence-electron chi connectivity index (χ2n) is 8.39. The number of allylic oxidation sites excluding steroid dienone is 1. The van der Waals surface area contributed by atoms with E-state index in [0.717, 1.165) is 43.1 Å². The normalized spacial score (nSPS) is 29.3. The second-order valence-corrected chi connectivity index (χ2v) is 8.82. The number of halogens is 1. The summed E-state index contributed by atoms with van der Waals surface area (Å²) in [5, 5.41) is 11.1. The summed E-state index contributed by atoms with van der Waals surface area (Å²) in [4.78, 5) is 15.4. The van der Waals surface area contributed by atoms with Gasteiger partial charge in [0, 0.05) is 18.1 Å². The van der Waals surface area contributed by atoms with Crippen LogP contribution in [0.25, 0.3) is 6.08 Å². The van der Waals surface area contributed by atoms with Crippen molar-refractivity contribution in [2.75, 3.05) is 13.1 Å². The number of hydrogen-bond donors (Lipinski definition) is 3. The predicted octanol–water partition coefficient (Wildman–Crippen LogP) is 2.97. The number of piperidine rings is 1. The summed E-state index contributed by atoms with van der Waals surface area (Å²) in [7, 11) is 0. The smallest absolute Gasteiger partial charge is 0.228 e. The number of fused-ring (bicyclic) bond motifs is 2. The van der Waals surface area contributed by atoms with Gasteiger partial charge < -0.3 is 10.6 Å². The molecule has 3 heterocycles. The number of hydrogen-bond acceptors (Lipinski definition) is 4. The molecule has 1 amide bonds. The molecule has 2 fully saturated rings. The Morgan fingerprint density at radius 1 is 1.07 bits per heavy atom. The zero-order valence-electron chi connectivity index (χ0n) is 16.9. The van der Waals surface area contributed by atoms with Crippen LogP contribution in [0.5, 0.6) is 0 Å². The van der Waals surface area contributed by atoms with Crippen LogP contribution in [0.15, 0.2) is 54.6 Å². The molecule has 4 unspecified atom stereocenters. The second kappa shape index (κ2) is 8.52. The van der Waals surface area contributed by atoms with Crippen LogP contribution < -0.4 is 16.0 Å². The van der Waals surface area contributed by atoms with Gasteiger partial charge in [-0.3, -0.25) is 15.0 Å². The molecule has 2 saturated heterocycles. The first kappa shape index (κ1) is 19.8. The van der Waals surface area contributed by atoms with E-state index in [0.29, 0.717) is 0 Å². The molecule has 0 aromatic heterocycles. The summed E-state index contributed by atoms with van der Waals surface area (Å²) < 4.78 is 0. The van der Waals surface area contributed by atoms with E-state index in [2.05, 4.69) is 57.3 Å². The molecule has 4 atom stereocenters. The summed E-state index contributed by atoms with van der Waals surface area (Å²) in [6.07, 6.45) is 6.08. The van der Waals surface area contributed by atoms with Crippen LogP contribution in [0.3, 0.4) is 0 Å². The Labute approximate surface area is 182 Å². The van der Waals surface area contributed by atoms with Crippen LogP contribution in [0.1, 0.15) is 23.1 Å². The molecule has 0 aliphatic carbocycles. The highest BCUT2D eigenvalue weighted by molar-refractivity contribution is 6.30. The Balaban J connectivity index is 1.28. The first-order chi connectivity index (χ1) is 14.7.